The summed E-state index contributed by atoms with van der Waals surface area (Å²) >= 11 is 0. The molecule has 0 aliphatic rings. The lowest BCUT2D eigenvalue weighted by Crippen LogP contribution is -2.30. The van der Waals surface area contributed by atoms with Gasteiger partial charge in [-0.15, -0.1) is 0 Å². The summed E-state index contributed by atoms with van der Waals surface area (Å²) in [5.74, 6) is 0.637. The van der Waals surface area contributed by atoms with Crippen molar-refractivity contribution in [2.24, 2.45) is 0 Å². The van der Waals surface area contributed by atoms with Gasteiger partial charge in [0.05, 0.1) is 17.6 Å². The minimum absolute atomic E-state index is 0.108. The Hall–Kier alpha value is -3.33. The third-order valence-corrected chi connectivity index (χ3v) is 4.92. The molecule has 0 amide bonds. The van der Waals surface area contributed by atoms with Crippen molar-refractivity contribution in [3.8, 4) is 22.7 Å². The van der Waals surface area contributed by atoms with E-state index < -0.39 is 12.0 Å². The molecule has 0 aliphatic carbocycles. The van der Waals surface area contributed by atoms with Crippen LogP contribution >= 0.6 is 0 Å². The topological polar surface area (TPSA) is 102 Å². The summed E-state index contributed by atoms with van der Waals surface area (Å²) in [7, 11) is 0. The summed E-state index contributed by atoms with van der Waals surface area (Å²) in [6.07, 6.45) is 0.360. The summed E-state index contributed by atoms with van der Waals surface area (Å²) < 4.78 is 33.6. The molecule has 1 unspecified atom stereocenters. The molecular formula is C20H19F2N5O2. The second-order valence-corrected chi connectivity index (χ2v) is 7.16. The number of aryl methyl sites for hydroxylation is 2. The summed E-state index contributed by atoms with van der Waals surface area (Å²) in [6.45, 7) is 4.73. The van der Waals surface area contributed by atoms with Gasteiger partial charge in [0, 0.05) is 17.8 Å². The molecule has 4 aromatic rings. The van der Waals surface area contributed by atoms with Crippen LogP contribution in [0, 0.1) is 13.8 Å². The quantitative estimate of drug-likeness (QED) is 0.542. The fourth-order valence-electron chi connectivity index (χ4n) is 3.15. The number of hydrogen-bond acceptors (Lipinski definition) is 6. The number of benzene rings is 1. The monoisotopic (exact) mass is 399 g/mol. The van der Waals surface area contributed by atoms with E-state index >= 15 is 0 Å². The molecule has 0 saturated heterocycles. The van der Waals surface area contributed by atoms with Gasteiger partial charge in [-0.05, 0) is 38.0 Å². The van der Waals surface area contributed by atoms with Crippen LogP contribution in [0.2, 0.25) is 0 Å². The van der Waals surface area contributed by atoms with Crippen molar-refractivity contribution < 1.29 is 18.4 Å². The zero-order valence-electron chi connectivity index (χ0n) is 16.0. The standard InChI is InChI=1S/C20H19F2N5O2/c1-10-4-5-12(20(3,28)19(21)22)7-13(10)15-8-24-18-17(23)25-14(9-27(15)18)16-6-11(2)26-29-16/h4-9,19,28H,1-3H3,(H2,23,25). The van der Waals surface area contributed by atoms with Crippen molar-refractivity contribution in [2.75, 3.05) is 5.73 Å². The van der Waals surface area contributed by atoms with E-state index in [9.17, 15) is 13.9 Å². The van der Waals surface area contributed by atoms with Crippen LogP contribution in [0.4, 0.5) is 14.6 Å². The lowest BCUT2D eigenvalue weighted by molar-refractivity contribution is -0.0883. The maximum Gasteiger partial charge on any atom is 0.270 e. The zero-order chi connectivity index (χ0) is 20.9. The Balaban J connectivity index is 1.92. The molecule has 7 nitrogen and oxygen atoms in total. The number of aromatic nitrogens is 4. The maximum atomic E-state index is 13.3. The Labute approximate surface area is 164 Å². The Kier molecular flexibility index (Phi) is 4.34. The highest BCUT2D eigenvalue weighted by Gasteiger charge is 2.34. The second kappa shape index (κ2) is 6.63. The summed E-state index contributed by atoms with van der Waals surface area (Å²) in [5.41, 5.74) is 7.58. The van der Waals surface area contributed by atoms with Gasteiger partial charge in [-0.3, -0.25) is 4.40 Å². The second-order valence-electron chi connectivity index (χ2n) is 7.16. The molecule has 9 heteroatoms. The average Bonchev–Trinajstić information content (AvgIpc) is 3.28. The number of rotatable bonds is 4. The van der Waals surface area contributed by atoms with Crippen molar-refractivity contribution >= 4 is 11.5 Å². The highest BCUT2D eigenvalue weighted by Crippen LogP contribution is 2.34. The molecule has 3 heterocycles. The number of nitrogens with two attached hydrogens (primary N) is 1. The van der Waals surface area contributed by atoms with Gasteiger partial charge in [0.1, 0.15) is 11.3 Å². The predicted octanol–water partition coefficient (Wildman–Crippen LogP) is 3.72. The van der Waals surface area contributed by atoms with E-state index in [1.165, 1.54) is 6.07 Å². The molecule has 150 valence electrons. The van der Waals surface area contributed by atoms with Gasteiger partial charge >= 0.3 is 0 Å². The highest BCUT2D eigenvalue weighted by molar-refractivity contribution is 5.74. The number of imidazole rings is 1. The van der Waals surface area contributed by atoms with Crippen LogP contribution < -0.4 is 5.73 Å². The summed E-state index contributed by atoms with van der Waals surface area (Å²) in [4.78, 5) is 8.64. The van der Waals surface area contributed by atoms with Crippen LogP contribution in [0.3, 0.4) is 0 Å². The van der Waals surface area contributed by atoms with Crippen molar-refractivity contribution in [2.45, 2.75) is 32.8 Å². The molecule has 0 fully saturated rings. The number of halogens is 2. The summed E-state index contributed by atoms with van der Waals surface area (Å²) in [6, 6.07) is 6.45. The van der Waals surface area contributed by atoms with Gasteiger partial charge in [0.15, 0.2) is 17.2 Å². The summed E-state index contributed by atoms with van der Waals surface area (Å²) in [5, 5.41) is 14.1. The Morgan fingerprint density at radius 1 is 1.24 bits per heavy atom. The number of anilines is 1. The van der Waals surface area contributed by atoms with Crippen LogP contribution in [0.25, 0.3) is 28.4 Å². The van der Waals surface area contributed by atoms with Crippen LogP contribution in [0.15, 0.2) is 41.2 Å². The molecular weight excluding hydrogens is 380 g/mol. The van der Waals surface area contributed by atoms with Crippen molar-refractivity contribution in [1.29, 1.82) is 0 Å². The molecule has 3 aromatic heterocycles. The van der Waals surface area contributed by atoms with Gasteiger partial charge in [-0.25, -0.2) is 18.7 Å². The number of alkyl halides is 2. The third kappa shape index (κ3) is 3.13. The lowest BCUT2D eigenvalue weighted by atomic mass is 9.92. The molecule has 4 rings (SSSR count). The molecule has 3 N–H and O–H groups in total. The van der Waals surface area contributed by atoms with E-state index in [-0.39, 0.29) is 11.4 Å². The maximum absolute atomic E-state index is 13.3. The number of nitrogens with zero attached hydrogens (tertiary/aromatic N) is 4. The van der Waals surface area contributed by atoms with Gasteiger partial charge in [0.25, 0.3) is 6.43 Å². The van der Waals surface area contributed by atoms with Gasteiger partial charge in [-0.1, -0.05) is 17.3 Å². The zero-order valence-corrected chi connectivity index (χ0v) is 16.0. The largest absolute Gasteiger partial charge is 0.381 e. The smallest absolute Gasteiger partial charge is 0.270 e. The number of nitrogen functional groups attached to an aromatic ring is 1. The molecule has 0 aliphatic heterocycles. The van der Waals surface area contributed by atoms with E-state index in [1.807, 2.05) is 6.92 Å². The van der Waals surface area contributed by atoms with Crippen LogP contribution in [0.5, 0.6) is 0 Å². The van der Waals surface area contributed by atoms with E-state index in [0.717, 1.165) is 12.5 Å². The Bertz CT molecular complexity index is 1210. The first kappa shape index (κ1) is 19.0. The Morgan fingerprint density at radius 2 is 2.00 bits per heavy atom. The number of hydrogen-bond donors (Lipinski definition) is 2. The lowest BCUT2D eigenvalue weighted by Gasteiger charge is -2.23. The first-order valence-corrected chi connectivity index (χ1v) is 8.87. The molecule has 0 radical (unpaired) electrons. The molecule has 1 aromatic carbocycles. The van der Waals surface area contributed by atoms with Gasteiger partial charge in [0.2, 0.25) is 0 Å². The van der Waals surface area contributed by atoms with Gasteiger partial charge in [-0.2, -0.15) is 0 Å². The number of aliphatic hydroxyl groups is 1. The van der Waals surface area contributed by atoms with Crippen LogP contribution in [0.1, 0.15) is 23.7 Å². The first-order chi connectivity index (χ1) is 13.7. The molecule has 0 saturated carbocycles. The predicted molar refractivity (Wildman–Crippen MR) is 103 cm³/mol. The van der Waals surface area contributed by atoms with Crippen LogP contribution in [-0.2, 0) is 5.60 Å². The van der Waals surface area contributed by atoms with Crippen LogP contribution in [-0.4, -0.2) is 31.1 Å². The molecule has 1 atom stereocenters. The minimum atomic E-state index is -2.93. The molecule has 29 heavy (non-hydrogen) atoms. The Morgan fingerprint density at radius 3 is 2.66 bits per heavy atom. The number of fused-ring (bicyclic) bond motifs is 1. The SMILES string of the molecule is Cc1cc(-c2cn3c(-c4cc(C(C)(O)C(F)F)ccc4C)cnc3c(N)n2)on1. The third-order valence-electron chi connectivity index (χ3n) is 4.92. The van der Waals surface area contributed by atoms with Crippen molar-refractivity contribution in [1.82, 2.24) is 19.5 Å². The van der Waals surface area contributed by atoms with Crippen molar-refractivity contribution in [3.05, 3.63) is 53.5 Å². The normalized spacial score (nSPS) is 13.9. The van der Waals surface area contributed by atoms with E-state index in [1.54, 1.807) is 41.9 Å². The van der Waals surface area contributed by atoms with E-state index in [2.05, 4.69) is 15.1 Å². The molecule has 0 bridgehead atoms. The molecule has 0 spiro atoms. The van der Waals surface area contributed by atoms with Crippen molar-refractivity contribution in [3.63, 3.8) is 0 Å². The first-order valence-electron chi connectivity index (χ1n) is 8.87. The average molecular weight is 399 g/mol. The fourth-order valence-corrected chi connectivity index (χ4v) is 3.15. The minimum Gasteiger partial charge on any atom is -0.381 e. The highest BCUT2D eigenvalue weighted by atomic mass is 19.3. The van der Waals surface area contributed by atoms with E-state index in [4.69, 9.17) is 10.3 Å². The fraction of sp³-hybridized carbons (Fsp3) is 0.250. The van der Waals surface area contributed by atoms with E-state index in [0.29, 0.717) is 34.1 Å². The van der Waals surface area contributed by atoms with Gasteiger partial charge < -0.3 is 15.4 Å².